The van der Waals surface area contributed by atoms with E-state index >= 15 is 0 Å². The summed E-state index contributed by atoms with van der Waals surface area (Å²) in [5.74, 6) is 2.75. The number of allylic oxidation sites excluding steroid dienone is 1. The highest BCUT2D eigenvalue weighted by atomic mass is 16.5. The molecule has 0 N–H and O–H groups in total. The van der Waals surface area contributed by atoms with Crippen molar-refractivity contribution in [3.8, 4) is 11.5 Å². The van der Waals surface area contributed by atoms with E-state index in [-0.39, 0.29) is 0 Å². The average molecular weight is 449 g/mol. The Morgan fingerprint density at radius 1 is 1.00 bits per heavy atom. The van der Waals surface area contributed by atoms with Gasteiger partial charge in [0.1, 0.15) is 5.82 Å². The Labute approximate surface area is 197 Å². The van der Waals surface area contributed by atoms with Crippen molar-refractivity contribution in [1.29, 1.82) is 0 Å². The number of hydrogen-bond acceptors (Lipinski definition) is 5. The largest absolute Gasteiger partial charge is 0.493 e. The first-order chi connectivity index (χ1) is 16.2. The van der Waals surface area contributed by atoms with Crippen LogP contribution in [-0.4, -0.2) is 66.3 Å². The molecule has 0 unspecified atom stereocenters. The molecule has 0 bridgehead atoms. The van der Waals surface area contributed by atoms with Crippen LogP contribution in [0, 0.1) is 0 Å². The first-order valence-corrected chi connectivity index (χ1v) is 12.0. The molecule has 1 aromatic heterocycles. The van der Waals surface area contributed by atoms with Crippen molar-refractivity contribution in [2.24, 2.45) is 0 Å². The molecule has 2 aromatic carbocycles. The van der Waals surface area contributed by atoms with Gasteiger partial charge >= 0.3 is 0 Å². The summed E-state index contributed by atoms with van der Waals surface area (Å²) in [6.07, 6.45) is 6.09. The number of hydrogen-bond donors (Lipinski definition) is 0. The quantitative estimate of drug-likeness (QED) is 0.421. The van der Waals surface area contributed by atoms with Gasteiger partial charge in [-0.25, -0.2) is 4.98 Å². The van der Waals surface area contributed by atoms with Crippen molar-refractivity contribution in [2.45, 2.75) is 32.9 Å². The molecule has 6 nitrogen and oxygen atoms in total. The molecule has 1 fully saturated rings. The van der Waals surface area contributed by atoms with Gasteiger partial charge in [0.2, 0.25) is 0 Å². The molecule has 33 heavy (non-hydrogen) atoms. The number of aromatic nitrogens is 2. The lowest BCUT2D eigenvalue weighted by Gasteiger charge is -2.32. The van der Waals surface area contributed by atoms with Gasteiger partial charge in [0, 0.05) is 32.7 Å². The number of nitrogens with zero attached hydrogens (tertiary/aromatic N) is 4. The van der Waals surface area contributed by atoms with E-state index in [4.69, 9.17) is 14.5 Å². The van der Waals surface area contributed by atoms with Gasteiger partial charge in [-0.3, -0.25) is 4.90 Å². The van der Waals surface area contributed by atoms with Crippen LogP contribution in [0.5, 0.6) is 11.5 Å². The Bertz CT molecular complexity index is 1070. The Kier molecular flexibility index (Phi) is 8.02. The van der Waals surface area contributed by atoms with Crippen LogP contribution in [-0.2, 0) is 13.1 Å². The monoisotopic (exact) mass is 448 g/mol. The molecule has 6 heteroatoms. The number of methoxy groups -OCH3 is 1. The molecule has 0 radical (unpaired) electrons. The zero-order valence-electron chi connectivity index (χ0n) is 20.2. The van der Waals surface area contributed by atoms with Crippen molar-refractivity contribution >= 4 is 17.1 Å². The molecule has 2 heterocycles. The molecule has 4 rings (SSSR count). The van der Waals surface area contributed by atoms with Crippen LogP contribution in [0.2, 0.25) is 0 Å². The molecule has 1 aliphatic rings. The van der Waals surface area contributed by atoms with E-state index < -0.39 is 0 Å². The second-order valence-corrected chi connectivity index (χ2v) is 8.71. The van der Waals surface area contributed by atoms with Crippen molar-refractivity contribution < 1.29 is 9.47 Å². The van der Waals surface area contributed by atoms with Crippen molar-refractivity contribution in [3.05, 3.63) is 59.9 Å². The smallest absolute Gasteiger partial charge is 0.161 e. The van der Waals surface area contributed by atoms with Gasteiger partial charge in [0.15, 0.2) is 11.5 Å². The average Bonchev–Trinajstić information content (AvgIpc) is 3.18. The maximum atomic E-state index is 6.04. The molecular formula is C27H36N4O2. The van der Waals surface area contributed by atoms with Crippen molar-refractivity contribution in [1.82, 2.24) is 19.4 Å². The molecule has 0 atom stereocenters. The van der Waals surface area contributed by atoms with Crippen molar-refractivity contribution in [2.75, 3.05) is 46.9 Å². The lowest BCUT2D eigenvalue weighted by molar-refractivity contribution is 0.144. The molecule has 0 saturated carbocycles. The standard InChI is InChI=1S/C27H36N4O2/c1-4-9-22-12-13-25(26(20-22)32-3)33-19-8-7-14-31-24-11-6-5-10-23(24)28-27(31)21-30-17-15-29(2)16-18-30/h4-6,9-13,20H,7-8,14-19,21H2,1-3H3/b9-4+. The van der Waals surface area contributed by atoms with Gasteiger partial charge in [-0.2, -0.15) is 0 Å². The minimum Gasteiger partial charge on any atom is -0.493 e. The molecule has 1 saturated heterocycles. The fraction of sp³-hybridized carbons (Fsp3) is 0.444. The normalized spacial score (nSPS) is 15.5. The van der Waals surface area contributed by atoms with Crippen LogP contribution in [0.25, 0.3) is 17.1 Å². The summed E-state index contributed by atoms with van der Waals surface area (Å²) in [5.41, 5.74) is 3.43. The van der Waals surface area contributed by atoms with Gasteiger partial charge in [-0.1, -0.05) is 30.4 Å². The first-order valence-electron chi connectivity index (χ1n) is 12.0. The van der Waals surface area contributed by atoms with Crippen LogP contribution in [0.4, 0.5) is 0 Å². The van der Waals surface area contributed by atoms with E-state index in [1.54, 1.807) is 7.11 Å². The molecule has 176 valence electrons. The Morgan fingerprint density at radius 3 is 2.61 bits per heavy atom. The predicted molar refractivity (Wildman–Crippen MR) is 135 cm³/mol. The van der Waals surface area contributed by atoms with Gasteiger partial charge in [0.05, 0.1) is 31.3 Å². The second-order valence-electron chi connectivity index (χ2n) is 8.71. The number of benzene rings is 2. The summed E-state index contributed by atoms with van der Waals surface area (Å²) in [5, 5.41) is 0. The molecular weight excluding hydrogens is 412 g/mol. The topological polar surface area (TPSA) is 42.8 Å². The third-order valence-corrected chi connectivity index (χ3v) is 6.27. The van der Waals surface area contributed by atoms with Crippen molar-refractivity contribution in [3.63, 3.8) is 0 Å². The zero-order valence-corrected chi connectivity index (χ0v) is 20.2. The summed E-state index contributed by atoms with van der Waals surface area (Å²) >= 11 is 0. The first kappa shape index (κ1) is 23.3. The lowest BCUT2D eigenvalue weighted by atomic mass is 10.2. The van der Waals surface area contributed by atoms with Crippen LogP contribution in [0.3, 0.4) is 0 Å². The van der Waals surface area contributed by atoms with Gasteiger partial charge < -0.3 is 18.9 Å². The summed E-state index contributed by atoms with van der Waals surface area (Å²) in [4.78, 5) is 9.88. The van der Waals surface area contributed by atoms with E-state index in [1.807, 2.05) is 25.1 Å². The molecule has 0 amide bonds. The zero-order chi connectivity index (χ0) is 23.0. The fourth-order valence-corrected chi connectivity index (χ4v) is 4.36. The van der Waals surface area contributed by atoms with Crippen LogP contribution < -0.4 is 9.47 Å². The summed E-state index contributed by atoms with van der Waals surface area (Å²) in [7, 11) is 3.88. The maximum absolute atomic E-state index is 6.04. The van der Waals surface area contributed by atoms with Gasteiger partial charge in [-0.15, -0.1) is 0 Å². The number of ether oxygens (including phenoxy) is 2. The number of para-hydroxylation sites is 2. The number of likely N-dealkylation sites (N-methyl/N-ethyl adjacent to an activating group) is 1. The van der Waals surface area contributed by atoms with Crippen LogP contribution in [0.1, 0.15) is 31.2 Å². The Morgan fingerprint density at radius 2 is 1.82 bits per heavy atom. The highest BCUT2D eigenvalue weighted by Gasteiger charge is 2.18. The third kappa shape index (κ3) is 5.95. The number of imidazole rings is 1. The highest BCUT2D eigenvalue weighted by Crippen LogP contribution is 2.29. The third-order valence-electron chi connectivity index (χ3n) is 6.27. The maximum Gasteiger partial charge on any atom is 0.161 e. The predicted octanol–water partition coefficient (Wildman–Crippen LogP) is 4.68. The number of aryl methyl sites for hydroxylation is 1. The van der Waals surface area contributed by atoms with E-state index in [2.05, 4.69) is 57.8 Å². The number of unbranched alkanes of at least 4 members (excludes halogenated alkanes) is 1. The van der Waals surface area contributed by atoms with Gasteiger partial charge in [0.25, 0.3) is 0 Å². The summed E-state index contributed by atoms with van der Waals surface area (Å²) in [6.45, 7) is 8.98. The minimum absolute atomic E-state index is 0.666. The minimum atomic E-state index is 0.666. The fourth-order valence-electron chi connectivity index (χ4n) is 4.36. The Hall–Kier alpha value is -2.83. The van der Waals surface area contributed by atoms with E-state index in [1.165, 1.54) is 11.3 Å². The van der Waals surface area contributed by atoms with E-state index in [9.17, 15) is 0 Å². The summed E-state index contributed by atoms with van der Waals surface area (Å²) in [6, 6.07) is 14.5. The van der Waals surface area contributed by atoms with Crippen LogP contribution in [0.15, 0.2) is 48.5 Å². The molecule has 3 aromatic rings. The van der Waals surface area contributed by atoms with E-state index in [0.29, 0.717) is 6.61 Å². The highest BCUT2D eigenvalue weighted by molar-refractivity contribution is 5.75. The van der Waals surface area contributed by atoms with Gasteiger partial charge in [-0.05, 0) is 56.6 Å². The van der Waals surface area contributed by atoms with E-state index in [0.717, 1.165) is 74.7 Å². The summed E-state index contributed by atoms with van der Waals surface area (Å²) < 4.78 is 14.0. The SMILES string of the molecule is C/C=C/c1ccc(OCCCCn2c(CN3CCN(C)CC3)nc3ccccc32)c(OC)c1. The Balaban J connectivity index is 1.35. The number of rotatable bonds is 10. The lowest BCUT2D eigenvalue weighted by Crippen LogP contribution is -2.44. The molecule has 1 aliphatic heterocycles. The number of piperazine rings is 1. The molecule has 0 spiro atoms. The second kappa shape index (κ2) is 11.3. The van der Waals surface area contributed by atoms with Crippen LogP contribution >= 0.6 is 0 Å². The number of fused-ring (bicyclic) bond motifs is 1. The molecule has 0 aliphatic carbocycles.